The van der Waals surface area contributed by atoms with Gasteiger partial charge in [-0.15, -0.1) is 0 Å². The zero-order valence-corrected chi connectivity index (χ0v) is 8.58. The number of hydrogen-bond donors (Lipinski definition) is 0. The molecule has 3 heteroatoms. The molecule has 13 heavy (non-hydrogen) atoms. The monoisotopic (exact) mass is 186 g/mol. The van der Waals surface area contributed by atoms with Gasteiger partial charge in [0, 0.05) is 0 Å². The van der Waals surface area contributed by atoms with Crippen molar-refractivity contribution in [3.63, 3.8) is 0 Å². The van der Waals surface area contributed by atoms with E-state index in [9.17, 15) is 4.79 Å². The van der Waals surface area contributed by atoms with Gasteiger partial charge < -0.3 is 9.47 Å². The first-order chi connectivity index (χ1) is 6.15. The van der Waals surface area contributed by atoms with Gasteiger partial charge in [0.1, 0.15) is 0 Å². The van der Waals surface area contributed by atoms with Crippen molar-refractivity contribution in [3.05, 3.63) is 0 Å². The minimum atomic E-state index is -0.313. The van der Waals surface area contributed by atoms with Gasteiger partial charge in [-0.3, -0.25) is 0 Å². The number of methoxy groups -OCH3 is 1. The van der Waals surface area contributed by atoms with Crippen molar-refractivity contribution in [2.75, 3.05) is 13.7 Å². The molecule has 1 aliphatic rings. The van der Waals surface area contributed by atoms with E-state index < -0.39 is 0 Å². The topological polar surface area (TPSA) is 35.5 Å². The lowest BCUT2D eigenvalue weighted by atomic mass is 10.2. The molecule has 1 unspecified atom stereocenters. The third kappa shape index (κ3) is 3.35. The molecule has 0 aromatic rings. The largest absolute Gasteiger partial charge is 0.467 e. The Balaban J connectivity index is 2.33. The molecule has 0 saturated heterocycles. The fourth-order valence-electron chi connectivity index (χ4n) is 1.21. The summed E-state index contributed by atoms with van der Waals surface area (Å²) in [5.41, 5.74) is 0. The van der Waals surface area contributed by atoms with Crippen molar-refractivity contribution in [1.29, 1.82) is 0 Å². The SMILES string of the molecule is COC(=O)C(OCC(C)C)C1CC1. The third-order valence-electron chi connectivity index (χ3n) is 2.09. The lowest BCUT2D eigenvalue weighted by molar-refractivity contribution is -0.156. The van der Waals surface area contributed by atoms with Gasteiger partial charge in [0.15, 0.2) is 6.10 Å². The Morgan fingerprint density at radius 2 is 2.08 bits per heavy atom. The zero-order valence-electron chi connectivity index (χ0n) is 8.58. The summed E-state index contributed by atoms with van der Waals surface area (Å²) >= 11 is 0. The molecular formula is C10H18O3. The van der Waals surface area contributed by atoms with Crippen LogP contribution >= 0.6 is 0 Å². The minimum Gasteiger partial charge on any atom is -0.467 e. The quantitative estimate of drug-likeness (QED) is 0.612. The Kier molecular flexibility index (Phi) is 3.72. The molecule has 0 spiro atoms. The Morgan fingerprint density at radius 1 is 1.46 bits per heavy atom. The van der Waals surface area contributed by atoms with Crippen LogP contribution in [-0.4, -0.2) is 25.8 Å². The molecular weight excluding hydrogens is 168 g/mol. The van der Waals surface area contributed by atoms with Crippen LogP contribution in [0.4, 0.5) is 0 Å². The highest BCUT2D eigenvalue weighted by molar-refractivity contribution is 5.75. The van der Waals surface area contributed by atoms with E-state index in [2.05, 4.69) is 18.6 Å². The third-order valence-corrected chi connectivity index (χ3v) is 2.09. The number of carbonyl (C=O) groups excluding carboxylic acids is 1. The van der Waals surface area contributed by atoms with Crippen molar-refractivity contribution >= 4 is 5.97 Å². The van der Waals surface area contributed by atoms with Crippen molar-refractivity contribution in [2.45, 2.75) is 32.8 Å². The Labute approximate surface area is 79.4 Å². The molecule has 0 amide bonds. The predicted molar refractivity (Wildman–Crippen MR) is 49.3 cm³/mol. The van der Waals surface area contributed by atoms with E-state index in [1.54, 1.807) is 0 Å². The van der Waals surface area contributed by atoms with Crippen LogP contribution in [0.3, 0.4) is 0 Å². The summed E-state index contributed by atoms with van der Waals surface area (Å²) in [4.78, 5) is 11.3. The second kappa shape index (κ2) is 4.61. The second-order valence-corrected chi connectivity index (χ2v) is 4.01. The van der Waals surface area contributed by atoms with Crippen molar-refractivity contribution in [2.24, 2.45) is 11.8 Å². The number of carbonyl (C=O) groups is 1. The summed E-state index contributed by atoms with van der Waals surface area (Å²) in [5.74, 6) is 0.653. The highest BCUT2D eigenvalue weighted by Gasteiger charge is 2.37. The Morgan fingerprint density at radius 3 is 2.46 bits per heavy atom. The highest BCUT2D eigenvalue weighted by atomic mass is 16.6. The molecule has 0 radical (unpaired) electrons. The summed E-state index contributed by atoms with van der Waals surface area (Å²) in [5, 5.41) is 0. The van der Waals surface area contributed by atoms with Crippen LogP contribution in [-0.2, 0) is 14.3 Å². The summed E-state index contributed by atoms with van der Waals surface area (Å²) < 4.78 is 10.2. The van der Waals surface area contributed by atoms with Crippen LogP contribution in [0.1, 0.15) is 26.7 Å². The average Bonchev–Trinajstić information content (AvgIpc) is 2.87. The smallest absolute Gasteiger partial charge is 0.335 e. The van der Waals surface area contributed by atoms with Crippen LogP contribution in [0.25, 0.3) is 0 Å². The molecule has 3 nitrogen and oxygen atoms in total. The molecule has 1 saturated carbocycles. The van der Waals surface area contributed by atoms with E-state index in [4.69, 9.17) is 4.74 Å². The predicted octanol–water partition coefficient (Wildman–Crippen LogP) is 1.61. The summed E-state index contributed by atoms with van der Waals surface area (Å²) in [6.07, 6.45) is 1.88. The molecule has 0 heterocycles. The van der Waals surface area contributed by atoms with Crippen molar-refractivity contribution < 1.29 is 14.3 Å². The Hall–Kier alpha value is -0.570. The maximum atomic E-state index is 11.3. The van der Waals surface area contributed by atoms with E-state index >= 15 is 0 Å². The average molecular weight is 186 g/mol. The standard InChI is InChI=1S/C10H18O3/c1-7(2)6-13-9(8-4-5-8)10(11)12-3/h7-9H,4-6H2,1-3H3. The van der Waals surface area contributed by atoms with Gasteiger partial charge in [0.05, 0.1) is 13.7 Å². The fraction of sp³-hybridized carbons (Fsp3) is 0.900. The molecule has 0 aromatic heterocycles. The number of ether oxygens (including phenoxy) is 2. The molecule has 1 fully saturated rings. The molecule has 0 N–H and O–H groups in total. The molecule has 76 valence electrons. The van der Waals surface area contributed by atoms with Gasteiger partial charge >= 0.3 is 5.97 Å². The number of esters is 1. The van der Waals surface area contributed by atoms with Crippen molar-refractivity contribution in [3.8, 4) is 0 Å². The minimum absolute atomic E-state index is 0.219. The van der Waals surface area contributed by atoms with E-state index in [1.807, 2.05) is 0 Å². The van der Waals surface area contributed by atoms with Gasteiger partial charge in [-0.05, 0) is 24.7 Å². The number of hydrogen-bond acceptors (Lipinski definition) is 3. The van der Waals surface area contributed by atoms with Crippen LogP contribution in [0.2, 0.25) is 0 Å². The van der Waals surface area contributed by atoms with Crippen LogP contribution in [0.15, 0.2) is 0 Å². The van der Waals surface area contributed by atoms with E-state index in [-0.39, 0.29) is 12.1 Å². The Bertz CT molecular complexity index is 173. The molecule has 1 aliphatic carbocycles. The first kappa shape index (κ1) is 10.5. The zero-order chi connectivity index (χ0) is 9.84. The van der Waals surface area contributed by atoms with Gasteiger partial charge in [-0.1, -0.05) is 13.8 Å². The van der Waals surface area contributed by atoms with E-state index in [1.165, 1.54) is 7.11 Å². The molecule has 0 aliphatic heterocycles. The molecule has 0 aromatic carbocycles. The summed E-state index contributed by atoms with van der Waals surface area (Å²) in [6.45, 7) is 4.78. The highest BCUT2D eigenvalue weighted by Crippen LogP contribution is 2.35. The van der Waals surface area contributed by atoms with Gasteiger partial charge in [0.2, 0.25) is 0 Å². The second-order valence-electron chi connectivity index (χ2n) is 4.01. The maximum Gasteiger partial charge on any atom is 0.335 e. The lowest BCUT2D eigenvalue weighted by Crippen LogP contribution is -2.29. The summed E-state index contributed by atoms with van der Waals surface area (Å²) in [6, 6.07) is 0. The first-order valence-corrected chi connectivity index (χ1v) is 4.84. The van der Waals surface area contributed by atoms with Gasteiger partial charge in [-0.2, -0.15) is 0 Å². The van der Waals surface area contributed by atoms with Crippen LogP contribution in [0.5, 0.6) is 0 Å². The van der Waals surface area contributed by atoms with Gasteiger partial charge in [0.25, 0.3) is 0 Å². The van der Waals surface area contributed by atoms with Gasteiger partial charge in [-0.25, -0.2) is 4.79 Å². The molecule has 1 atom stereocenters. The molecule has 1 rings (SSSR count). The lowest BCUT2D eigenvalue weighted by Gasteiger charge is -2.16. The fourth-order valence-corrected chi connectivity index (χ4v) is 1.21. The molecule has 0 bridgehead atoms. The van der Waals surface area contributed by atoms with Crippen LogP contribution < -0.4 is 0 Å². The summed E-state index contributed by atoms with van der Waals surface area (Å²) in [7, 11) is 1.41. The van der Waals surface area contributed by atoms with Crippen LogP contribution in [0, 0.1) is 11.8 Å². The maximum absolute atomic E-state index is 11.3. The normalized spacial score (nSPS) is 18.8. The van der Waals surface area contributed by atoms with Crippen molar-refractivity contribution in [1.82, 2.24) is 0 Å². The first-order valence-electron chi connectivity index (χ1n) is 4.84. The van der Waals surface area contributed by atoms with E-state index in [0.29, 0.717) is 18.4 Å². The van der Waals surface area contributed by atoms with E-state index in [0.717, 1.165) is 12.8 Å². The number of rotatable bonds is 5.